The molecule has 1 fully saturated rings. The van der Waals surface area contributed by atoms with Crippen molar-refractivity contribution in [3.8, 4) is 5.75 Å². The van der Waals surface area contributed by atoms with Crippen molar-refractivity contribution in [3.63, 3.8) is 0 Å². The summed E-state index contributed by atoms with van der Waals surface area (Å²) in [6, 6.07) is 17.6. The van der Waals surface area contributed by atoms with Crippen LogP contribution in [-0.4, -0.2) is 43.1 Å². The Kier molecular flexibility index (Phi) is 8.46. The van der Waals surface area contributed by atoms with E-state index in [4.69, 9.17) is 14.7 Å². The molecule has 11 nitrogen and oxygen atoms in total. The van der Waals surface area contributed by atoms with E-state index in [-0.39, 0.29) is 28.9 Å². The number of nitrogens with zero attached hydrogens (tertiary/aromatic N) is 2. The van der Waals surface area contributed by atoms with E-state index in [1.54, 1.807) is 13.2 Å². The Morgan fingerprint density at radius 1 is 1.02 bits per heavy atom. The molecular formula is C36H41N7O4S. The highest BCUT2D eigenvalue weighted by Crippen LogP contribution is 2.47. The Labute approximate surface area is 280 Å². The van der Waals surface area contributed by atoms with Gasteiger partial charge in [0.25, 0.3) is 0 Å². The maximum Gasteiger partial charge on any atom is 0.315 e. The van der Waals surface area contributed by atoms with Gasteiger partial charge in [0.1, 0.15) is 5.75 Å². The maximum atomic E-state index is 13.9. The largest absolute Gasteiger partial charge is 0.497 e. The molecule has 0 unspecified atom stereocenters. The van der Waals surface area contributed by atoms with Gasteiger partial charge in [-0.25, -0.2) is 22.9 Å². The number of urea groups is 1. The zero-order chi connectivity index (χ0) is 33.6. The standard InChI is InChI=1S/C36H41N7O4S/c1-20(2)18-38-48(45,46)33-16-26-31(43-36(44)39-21(3)23-8-7-9-24(14-23)47-4)17-32(42-35-40-28-10-5-6-11-29(28)41-35)34(26)27-19-37-30(15-25(27)33)22-12-13-22/h5-11,14-16,19-22,31-32,38H,12-13,17-18H2,1-4H3,(H2,39,43,44)(H2,40,41,42)/t21-,31+,32+/m0/s1. The smallest absolute Gasteiger partial charge is 0.315 e. The minimum Gasteiger partial charge on any atom is -0.497 e. The zero-order valence-corrected chi connectivity index (χ0v) is 28.3. The summed E-state index contributed by atoms with van der Waals surface area (Å²) in [5.41, 5.74) is 5.16. The lowest BCUT2D eigenvalue weighted by Crippen LogP contribution is -2.38. The number of hydrogen-bond donors (Lipinski definition) is 5. The van der Waals surface area contributed by atoms with Gasteiger partial charge in [0, 0.05) is 35.1 Å². The van der Waals surface area contributed by atoms with E-state index < -0.39 is 16.1 Å². The number of hydrogen-bond acceptors (Lipinski definition) is 7. The van der Waals surface area contributed by atoms with E-state index in [2.05, 4.69) is 25.7 Å². The molecule has 0 saturated heterocycles. The number of fused-ring (bicyclic) bond motifs is 4. The first-order chi connectivity index (χ1) is 23.1. The van der Waals surface area contributed by atoms with Crippen LogP contribution in [0.1, 0.15) is 86.5 Å². The van der Waals surface area contributed by atoms with E-state index in [0.717, 1.165) is 51.6 Å². The number of sulfonamides is 1. The van der Waals surface area contributed by atoms with Crippen molar-refractivity contribution in [2.75, 3.05) is 19.0 Å². The lowest BCUT2D eigenvalue weighted by atomic mass is 9.98. The second kappa shape index (κ2) is 12.7. The van der Waals surface area contributed by atoms with Crippen molar-refractivity contribution in [2.45, 2.75) is 69.0 Å². The van der Waals surface area contributed by atoms with Crippen LogP contribution in [0.2, 0.25) is 0 Å². The van der Waals surface area contributed by atoms with Crippen molar-refractivity contribution in [1.29, 1.82) is 0 Å². The summed E-state index contributed by atoms with van der Waals surface area (Å²) >= 11 is 0. The molecule has 2 heterocycles. The zero-order valence-electron chi connectivity index (χ0n) is 27.5. The topological polar surface area (TPSA) is 150 Å². The van der Waals surface area contributed by atoms with Crippen LogP contribution in [0.3, 0.4) is 0 Å². The number of ether oxygens (including phenoxy) is 1. The average molecular weight is 668 g/mol. The maximum absolute atomic E-state index is 13.9. The number of anilines is 1. The lowest BCUT2D eigenvalue weighted by molar-refractivity contribution is 0.233. The number of carbonyl (C=O) groups excluding carboxylic acids is 1. The second-order valence-electron chi connectivity index (χ2n) is 13.3. The van der Waals surface area contributed by atoms with Crippen LogP contribution in [0.5, 0.6) is 5.75 Å². The summed E-state index contributed by atoms with van der Waals surface area (Å²) < 4.78 is 36.0. The van der Waals surface area contributed by atoms with E-state index in [1.807, 2.05) is 81.6 Å². The number of aromatic nitrogens is 3. The van der Waals surface area contributed by atoms with Gasteiger partial charge in [0.05, 0.1) is 41.2 Å². The molecule has 0 aliphatic heterocycles. The molecule has 1 saturated carbocycles. The molecule has 2 aliphatic carbocycles. The van der Waals surface area contributed by atoms with Gasteiger partial charge < -0.3 is 25.7 Å². The lowest BCUT2D eigenvalue weighted by Gasteiger charge is -2.20. The van der Waals surface area contributed by atoms with Crippen molar-refractivity contribution >= 4 is 43.8 Å². The number of imidazole rings is 1. The Morgan fingerprint density at radius 3 is 2.58 bits per heavy atom. The van der Waals surface area contributed by atoms with Gasteiger partial charge in [-0.1, -0.05) is 38.1 Å². The van der Waals surface area contributed by atoms with E-state index in [1.165, 1.54) is 0 Å². The van der Waals surface area contributed by atoms with Gasteiger partial charge in [-0.15, -0.1) is 0 Å². The molecule has 7 rings (SSSR count). The van der Waals surface area contributed by atoms with Gasteiger partial charge in [-0.3, -0.25) is 4.98 Å². The van der Waals surface area contributed by atoms with E-state index >= 15 is 0 Å². The highest BCUT2D eigenvalue weighted by atomic mass is 32.2. The normalized spacial score (nSPS) is 18.2. The molecule has 250 valence electrons. The number of H-pyrrole nitrogens is 1. The number of para-hydroxylation sites is 2. The van der Waals surface area contributed by atoms with Gasteiger partial charge in [0.15, 0.2) is 0 Å². The van der Waals surface area contributed by atoms with Crippen LogP contribution in [0, 0.1) is 5.92 Å². The molecule has 2 amide bonds. The van der Waals surface area contributed by atoms with Crippen molar-refractivity contribution in [1.82, 2.24) is 30.3 Å². The van der Waals surface area contributed by atoms with Crippen LogP contribution < -0.4 is 25.4 Å². The first kappa shape index (κ1) is 31.9. The average Bonchev–Trinajstić information content (AvgIpc) is 3.76. The van der Waals surface area contributed by atoms with E-state index in [9.17, 15) is 13.2 Å². The highest BCUT2D eigenvalue weighted by Gasteiger charge is 2.37. The molecule has 3 aromatic carbocycles. The first-order valence-electron chi connectivity index (χ1n) is 16.5. The molecule has 0 bridgehead atoms. The summed E-state index contributed by atoms with van der Waals surface area (Å²) in [5, 5.41) is 11.1. The number of aromatic amines is 1. The van der Waals surface area contributed by atoms with Gasteiger partial charge in [0.2, 0.25) is 16.0 Å². The third-order valence-corrected chi connectivity index (χ3v) is 10.7. The van der Waals surface area contributed by atoms with Crippen LogP contribution in [0.25, 0.3) is 21.8 Å². The minimum absolute atomic E-state index is 0.131. The summed E-state index contributed by atoms with van der Waals surface area (Å²) in [7, 11) is -2.28. The first-order valence-corrected chi connectivity index (χ1v) is 18.0. The molecular weight excluding hydrogens is 627 g/mol. The molecule has 0 radical (unpaired) electrons. The number of nitrogens with one attached hydrogen (secondary N) is 5. The number of amides is 2. The number of benzene rings is 3. The van der Waals surface area contributed by atoms with Crippen molar-refractivity contribution < 1.29 is 17.9 Å². The predicted molar refractivity (Wildman–Crippen MR) is 187 cm³/mol. The summed E-state index contributed by atoms with van der Waals surface area (Å²) in [4.78, 5) is 26.7. The van der Waals surface area contributed by atoms with Gasteiger partial charge in [-0.05, 0) is 85.2 Å². The predicted octanol–water partition coefficient (Wildman–Crippen LogP) is 6.59. The summed E-state index contributed by atoms with van der Waals surface area (Å²) in [6.45, 7) is 6.16. The molecule has 12 heteroatoms. The fourth-order valence-corrected chi connectivity index (χ4v) is 7.97. The SMILES string of the molecule is COc1cccc([C@H](C)NC(=O)N[C@@H]2C[C@@H](Nc3nc4ccccc4[nH]3)c3c2cc(S(=O)(=O)NCC(C)C)c2cc(C4CC4)ncc32)c1. The molecule has 48 heavy (non-hydrogen) atoms. The molecule has 3 atom stereocenters. The summed E-state index contributed by atoms with van der Waals surface area (Å²) in [6.07, 6.45) is 4.37. The number of carbonyl (C=O) groups is 1. The highest BCUT2D eigenvalue weighted by molar-refractivity contribution is 7.89. The third kappa shape index (κ3) is 6.42. The van der Waals surface area contributed by atoms with Crippen molar-refractivity contribution in [3.05, 3.63) is 89.2 Å². The van der Waals surface area contributed by atoms with Gasteiger partial charge >= 0.3 is 6.03 Å². The van der Waals surface area contributed by atoms with E-state index in [0.29, 0.717) is 36.0 Å². The van der Waals surface area contributed by atoms with Crippen LogP contribution in [0.4, 0.5) is 10.7 Å². The van der Waals surface area contributed by atoms with Crippen molar-refractivity contribution in [2.24, 2.45) is 5.92 Å². The molecule has 0 spiro atoms. The number of methoxy groups -OCH3 is 1. The van der Waals surface area contributed by atoms with Crippen LogP contribution in [0.15, 0.2) is 71.8 Å². The Hall–Kier alpha value is -4.68. The number of pyridine rings is 1. The number of rotatable bonds is 11. The summed E-state index contributed by atoms with van der Waals surface area (Å²) in [5.74, 6) is 1.77. The minimum atomic E-state index is -3.89. The Bertz CT molecular complexity index is 2080. The fraction of sp³-hybridized carbons (Fsp3) is 0.361. The Morgan fingerprint density at radius 2 is 1.83 bits per heavy atom. The van der Waals surface area contributed by atoms with Crippen LogP contribution in [-0.2, 0) is 10.0 Å². The van der Waals surface area contributed by atoms with Crippen LogP contribution >= 0.6 is 0 Å². The van der Waals surface area contributed by atoms with Gasteiger partial charge in [-0.2, -0.15) is 0 Å². The molecule has 2 aliphatic rings. The monoisotopic (exact) mass is 667 g/mol. The molecule has 5 N–H and O–H groups in total. The third-order valence-electron chi connectivity index (χ3n) is 9.19. The molecule has 5 aromatic rings. The quantitative estimate of drug-likeness (QED) is 0.107. The Balaban J connectivity index is 1.29. The fourth-order valence-electron chi connectivity index (χ4n) is 6.52. The molecule has 2 aromatic heterocycles. The second-order valence-corrected chi connectivity index (χ2v) is 15.0.